The van der Waals surface area contributed by atoms with E-state index in [9.17, 15) is 9.59 Å². The molecule has 1 saturated carbocycles. The van der Waals surface area contributed by atoms with Gasteiger partial charge in [0, 0.05) is 5.02 Å². The number of hydrogen-bond acceptors (Lipinski definition) is 4. The summed E-state index contributed by atoms with van der Waals surface area (Å²) >= 11 is 5.87. The predicted octanol–water partition coefficient (Wildman–Crippen LogP) is 3.43. The van der Waals surface area contributed by atoms with Crippen LogP contribution in [0.25, 0.3) is 0 Å². The van der Waals surface area contributed by atoms with Crippen molar-refractivity contribution in [3.8, 4) is 6.07 Å². The van der Waals surface area contributed by atoms with Gasteiger partial charge >= 0.3 is 5.97 Å². The molecule has 0 spiro atoms. The van der Waals surface area contributed by atoms with E-state index in [1.54, 1.807) is 6.07 Å². The highest BCUT2D eigenvalue weighted by atomic mass is 35.5. The third-order valence-corrected chi connectivity index (χ3v) is 4.41. The zero-order valence-corrected chi connectivity index (χ0v) is 14.0. The number of nitrogens with one attached hydrogen (secondary N) is 1. The summed E-state index contributed by atoms with van der Waals surface area (Å²) in [5.74, 6) is -0.920. The zero-order chi connectivity index (χ0) is 17.9. The van der Waals surface area contributed by atoms with E-state index in [1.165, 1.54) is 12.1 Å². The van der Waals surface area contributed by atoms with Gasteiger partial charge in [0.2, 0.25) is 0 Å². The minimum Gasteiger partial charge on any atom is -0.455 e. The number of halogens is 1. The number of rotatable bonds is 5. The van der Waals surface area contributed by atoms with Crippen LogP contribution in [0.4, 0.5) is 5.69 Å². The first-order chi connectivity index (χ1) is 12.0. The Morgan fingerprint density at radius 1 is 1.20 bits per heavy atom. The van der Waals surface area contributed by atoms with E-state index >= 15 is 0 Å². The van der Waals surface area contributed by atoms with Gasteiger partial charge in [0.25, 0.3) is 5.91 Å². The Hall–Kier alpha value is -2.84. The summed E-state index contributed by atoms with van der Waals surface area (Å²) in [5, 5.41) is 12.0. The minimum absolute atomic E-state index is 0.284. The molecule has 0 aromatic heterocycles. The van der Waals surface area contributed by atoms with Crippen molar-refractivity contribution in [2.75, 3.05) is 11.9 Å². The standard InChI is InChI=1S/C19H15ClN2O3/c20-15-7-6-13(11-21)16(10-15)22-17(23)12-25-18(24)19(8-9-19)14-4-2-1-3-5-14/h1-7,10H,8-9,12H2,(H,22,23). The third-order valence-electron chi connectivity index (χ3n) is 4.18. The fourth-order valence-electron chi connectivity index (χ4n) is 2.67. The van der Waals surface area contributed by atoms with Gasteiger partial charge in [-0.15, -0.1) is 0 Å². The molecule has 1 fully saturated rings. The molecule has 0 saturated heterocycles. The molecule has 2 aromatic carbocycles. The second-order valence-corrected chi connectivity index (χ2v) is 6.31. The summed E-state index contributed by atoms with van der Waals surface area (Å²) in [6.45, 7) is -0.412. The number of esters is 1. The maximum Gasteiger partial charge on any atom is 0.317 e. The zero-order valence-electron chi connectivity index (χ0n) is 13.3. The summed E-state index contributed by atoms with van der Waals surface area (Å²) in [7, 11) is 0. The quantitative estimate of drug-likeness (QED) is 0.834. The first-order valence-corrected chi connectivity index (χ1v) is 8.15. The molecule has 3 rings (SSSR count). The number of anilines is 1. The molecule has 6 heteroatoms. The highest BCUT2D eigenvalue weighted by molar-refractivity contribution is 6.31. The smallest absolute Gasteiger partial charge is 0.317 e. The molecule has 126 valence electrons. The van der Waals surface area contributed by atoms with E-state index in [0.717, 1.165) is 5.56 Å². The largest absolute Gasteiger partial charge is 0.455 e. The van der Waals surface area contributed by atoms with Crippen molar-refractivity contribution >= 4 is 29.2 Å². The van der Waals surface area contributed by atoms with Crippen LogP contribution in [0.5, 0.6) is 0 Å². The minimum atomic E-state index is -0.630. The van der Waals surface area contributed by atoms with E-state index < -0.39 is 23.9 Å². The number of benzene rings is 2. The molecule has 25 heavy (non-hydrogen) atoms. The van der Waals surface area contributed by atoms with Crippen molar-refractivity contribution in [1.82, 2.24) is 0 Å². The average molecular weight is 355 g/mol. The highest BCUT2D eigenvalue weighted by Crippen LogP contribution is 2.49. The molecular weight excluding hydrogens is 340 g/mol. The first-order valence-electron chi connectivity index (χ1n) is 7.77. The van der Waals surface area contributed by atoms with Gasteiger partial charge in [-0.1, -0.05) is 41.9 Å². The SMILES string of the molecule is N#Cc1ccc(Cl)cc1NC(=O)COC(=O)C1(c2ccccc2)CC1. The number of carbonyl (C=O) groups excluding carboxylic acids is 2. The number of amides is 1. The van der Waals surface area contributed by atoms with Crippen molar-refractivity contribution in [3.63, 3.8) is 0 Å². The molecule has 0 unspecified atom stereocenters. The number of hydrogen-bond donors (Lipinski definition) is 1. The van der Waals surface area contributed by atoms with Crippen molar-refractivity contribution < 1.29 is 14.3 Å². The van der Waals surface area contributed by atoms with Crippen LogP contribution in [0, 0.1) is 11.3 Å². The van der Waals surface area contributed by atoms with Crippen LogP contribution >= 0.6 is 11.6 Å². The van der Waals surface area contributed by atoms with Crippen molar-refractivity contribution in [2.24, 2.45) is 0 Å². The van der Waals surface area contributed by atoms with E-state index in [-0.39, 0.29) is 5.56 Å². The Morgan fingerprint density at radius 3 is 2.56 bits per heavy atom. The van der Waals surface area contributed by atoms with Gasteiger partial charge in [-0.3, -0.25) is 9.59 Å². The maximum atomic E-state index is 12.4. The van der Waals surface area contributed by atoms with E-state index in [2.05, 4.69) is 5.32 Å². The number of nitrogens with zero attached hydrogens (tertiary/aromatic N) is 1. The molecule has 1 N–H and O–H groups in total. The van der Waals surface area contributed by atoms with Gasteiger partial charge in [0.15, 0.2) is 6.61 Å². The van der Waals surface area contributed by atoms with E-state index in [4.69, 9.17) is 21.6 Å². The van der Waals surface area contributed by atoms with Crippen LogP contribution in [-0.2, 0) is 19.7 Å². The number of ether oxygens (including phenoxy) is 1. The molecule has 0 bridgehead atoms. The number of nitriles is 1. The Balaban J connectivity index is 1.61. The molecule has 1 aliphatic rings. The van der Waals surface area contributed by atoms with Gasteiger partial charge < -0.3 is 10.1 Å². The van der Waals surface area contributed by atoms with Crippen LogP contribution < -0.4 is 5.32 Å². The van der Waals surface area contributed by atoms with E-state index in [0.29, 0.717) is 23.6 Å². The maximum absolute atomic E-state index is 12.4. The molecule has 0 aliphatic heterocycles. The van der Waals surface area contributed by atoms with Gasteiger partial charge in [-0.2, -0.15) is 5.26 Å². The molecule has 1 amide bonds. The second-order valence-electron chi connectivity index (χ2n) is 5.87. The van der Waals surface area contributed by atoms with E-state index in [1.807, 2.05) is 36.4 Å². The lowest BCUT2D eigenvalue weighted by Crippen LogP contribution is -2.28. The molecule has 5 nitrogen and oxygen atoms in total. The topological polar surface area (TPSA) is 79.2 Å². The summed E-state index contributed by atoms with van der Waals surface area (Å²) in [6, 6.07) is 15.9. The van der Waals surface area contributed by atoms with Crippen LogP contribution in [0.1, 0.15) is 24.0 Å². The Morgan fingerprint density at radius 2 is 1.92 bits per heavy atom. The number of carbonyl (C=O) groups is 2. The Kier molecular flexibility index (Phi) is 4.73. The third kappa shape index (κ3) is 3.65. The average Bonchev–Trinajstić information content (AvgIpc) is 3.43. The van der Waals surface area contributed by atoms with Gasteiger partial charge in [0.05, 0.1) is 16.7 Å². The fourth-order valence-corrected chi connectivity index (χ4v) is 2.84. The van der Waals surface area contributed by atoms with Crippen LogP contribution in [0.2, 0.25) is 5.02 Å². The van der Waals surface area contributed by atoms with Crippen molar-refractivity contribution in [2.45, 2.75) is 18.3 Å². The monoisotopic (exact) mass is 354 g/mol. The van der Waals surface area contributed by atoms with Crippen LogP contribution in [0.15, 0.2) is 48.5 Å². The fraction of sp³-hybridized carbons (Fsp3) is 0.211. The summed E-state index contributed by atoms with van der Waals surface area (Å²) in [4.78, 5) is 24.4. The molecular formula is C19H15ClN2O3. The molecule has 1 aliphatic carbocycles. The highest BCUT2D eigenvalue weighted by Gasteiger charge is 2.52. The lowest BCUT2D eigenvalue weighted by molar-refractivity contribution is -0.150. The van der Waals surface area contributed by atoms with Crippen molar-refractivity contribution in [1.29, 1.82) is 5.26 Å². The molecule has 0 radical (unpaired) electrons. The summed E-state index contributed by atoms with van der Waals surface area (Å²) in [5.41, 5.74) is 0.851. The Bertz CT molecular complexity index is 855. The Labute approximate surface area is 150 Å². The predicted molar refractivity (Wildman–Crippen MR) is 93.1 cm³/mol. The lowest BCUT2D eigenvalue weighted by atomic mass is 9.96. The van der Waals surface area contributed by atoms with Crippen molar-refractivity contribution in [3.05, 3.63) is 64.7 Å². The lowest BCUT2D eigenvalue weighted by Gasteiger charge is -2.15. The van der Waals surface area contributed by atoms with Crippen LogP contribution in [-0.4, -0.2) is 18.5 Å². The molecule has 0 heterocycles. The van der Waals surface area contributed by atoms with Gasteiger partial charge in [-0.25, -0.2) is 0 Å². The second kappa shape index (κ2) is 6.96. The molecule has 0 atom stereocenters. The normalized spacial score (nSPS) is 14.2. The summed E-state index contributed by atoms with van der Waals surface area (Å²) in [6.07, 6.45) is 1.43. The molecule has 2 aromatic rings. The van der Waals surface area contributed by atoms with Gasteiger partial charge in [0.1, 0.15) is 6.07 Å². The van der Waals surface area contributed by atoms with Gasteiger partial charge in [-0.05, 0) is 36.6 Å². The summed E-state index contributed by atoms with van der Waals surface area (Å²) < 4.78 is 5.19. The first kappa shape index (κ1) is 17.0. The van der Waals surface area contributed by atoms with Crippen LogP contribution in [0.3, 0.4) is 0 Å².